The molecule has 0 aliphatic carbocycles. The molecule has 0 heteroatoms. The van der Waals surface area contributed by atoms with E-state index in [1.165, 1.54) is 11.1 Å². The maximum absolute atomic E-state index is 4.00. The van der Waals surface area contributed by atoms with Crippen molar-refractivity contribution in [2.24, 2.45) is 11.8 Å². The normalized spacial score (nSPS) is 12.8. The Morgan fingerprint density at radius 3 is 1.82 bits per heavy atom. The molecule has 0 aromatic rings. The average Bonchev–Trinajstić information content (AvgIpc) is 1.87. The lowest BCUT2D eigenvalue weighted by Gasteiger charge is -2.08. The summed E-state index contributed by atoms with van der Waals surface area (Å²) in [6.45, 7) is 14.9. The van der Waals surface area contributed by atoms with Gasteiger partial charge in [-0.1, -0.05) is 51.5 Å². The van der Waals surface area contributed by atoms with Crippen LogP contribution in [-0.2, 0) is 0 Å². The lowest BCUT2D eigenvalue weighted by molar-refractivity contribution is 0.750. The Bertz CT molecular complexity index is 159. The largest absolute Gasteiger partial charge is 0.0956 e. The summed E-state index contributed by atoms with van der Waals surface area (Å²) in [7, 11) is 0. The van der Waals surface area contributed by atoms with Gasteiger partial charge >= 0.3 is 0 Å². The molecule has 0 rings (SSSR count). The summed E-state index contributed by atoms with van der Waals surface area (Å²) >= 11 is 0. The van der Waals surface area contributed by atoms with Gasteiger partial charge in [-0.15, -0.1) is 0 Å². The Kier molecular flexibility index (Phi) is 4.17. The summed E-state index contributed by atoms with van der Waals surface area (Å²) < 4.78 is 0. The van der Waals surface area contributed by atoms with E-state index in [-0.39, 0.29) is 0 Å². The van der Waals surface area contributed by atoms with Gasteiger partial charge in [-0.3, -0.25) is 0 Å². The van der Waals surface area contributed by atoms with Crippen LogP contribution in [0.3, 0.4) is 0 Å². The van der Waals surface area contributed by atoms with Crippen molar-refractivity contribution in [2.45, 2.75) is 34.6 Å². The van der Waals surface area contributed by atoms with Crippen molar-refractivity contribution in [3.8, 4) is 0 Å². The highest BCUT2D eigenvalue weighted by Crippen LogP contribution is 2.15. The minimum atomic E-state index is 0.573. The van der Waals surface area contributed by atoms with Crippen LogP contribution in [0.25, 0.3) is 0 Å². The Balaban J connectivity index is 4.20. The van der Waals surface area contributed by atoms with Crippen LogP contribution in [0.2, 0.25) is 0 Å². The van der Waals surface area contributed by atoms with Crippen molar-refractivity contribution in [3.63, 3.8) is 0 Å². The van der Waals surface area contributed by atoms with Crippen LogP contribution >= 0.6 is 0 Å². The molecule has 0 aromatic heterocycles. The quantitative estimate of drug-likeness (QED) is 0.539. The van der Waals surface area contributed by atoms with E-state index in [4.69, 9.17) is 0 Å². The fourth-order valence-electron chi connectivity index (χ4n) is 0.626. The zero-order valence-electron chi connectivity index (χ0n) is 8.44. The highest BCUT2D eigenvalue weighted by Gasteiger charge is 1.99. The first kappa shape index (κ1) is 10.5. The molecule has 0 aromatic carbocycles. The van der Waals surface area contributed by atoms with Gasteiger partial charge in [0.25, 0.3) is 0 Å². The van der Waals surface area contributed by atoms with Crippen molar-refractivity contribution in [2.75, 3.05) is 0 Å². The highest BCUT2D eigenvalue weighted by molar-refractivity contribution is 5.21. The van der Waals surface area contributed by atoms with Crippen LogP contribution in [0.15, 0.2) is 23.8 Å². The van der Waals surface area contributed by atoms with Crippen molar-refractivity contribution >= 4 is 0 Å². The van der Waals surface area contributed by atoms with E-state index in [1.807, 2.05) is 0 Å². The standard InChI is InChI=1S/C11H20/c1-8(2)10(5)7-11(6)9(3)4/h7-9H,5H2,1-4,6H3/b11-7-. The Labute approximate surface area is 71.0 Å². The van der Waals surface area contributed by atoms with E-state index >= 15 is 0 Å². The van der Waals surface area contributed by atoms with Gasteiger partial charge in [0.05, 0.1) is 0 Å². The lowest BCUT2D eigenvalue weighted by atomic mass is 9.98. The molecule has 0 heterocycles. The van der Waals surface area contributed by atoms with Gasteiger partial charge in [0, 0.05) is 0 Å². The summed E-state index contributed by atoms with van der Waals surface area (Å²) in [4.78, 5) is 0. The first-order valence-electron chi connectivity index (χ1n) is 4.32. The molecule has 0 radical (unpaired) electrons. The van der Waals surface area contributed by atoms with Crippen molar-refractivity contribution in [1.29, 1.82) is 0 Å². The molecule has 0 nitrogen and oxygen atoms in total. The maximum Gasteiger partial charge on any atom is -0.0225 e. The summed E-state index contributed by atoms with van der Waals surface area (Å²) in [6.07, 6.45) is 2.20. The van der Waals surface area contributed by atoms with Crippen LogP contribution in [0.1, 0.15) is 34.6 Å². The third-order valence-electron chi connectivity index (χ3n) is 2.07. The van der Waals surface area contributed by atoms with E-state index in [1.54, 1.807) is 0 Å². The molecule has 0 spiro atoms. The number of hydrogen-bond donors (Lipinski definition) is 0. The van der Waals surface area contributed by atoms with Crippen LogP contribution in [0.5, 0.6) is 0 Å². The molecule has 0 amide bonds. The van der Waals surface area contributed by atoms with E-state index in [9.17, 15) is 0 Å². The minimum absolute atomic E-state index is 0.573. The van der Waals surface area contributed by atoms with E-state index in [0.717, 1.165) is 0 Å². The molecule has 0 unspecified atom stereocenters. The van der Waals surface area contributed by atoms with Gasteiger partial charge in [0.2, 0.25) is 0 Å². The van der Waals surface area contributed by atoms with Gasteiger partial charge in [-0.05, 0) is 18.8 Å². The zero-order valence-corrected chi connectivity index (χ0v) is 8.44. The smallest absolute Gasteiger partial charge is 0.0225 e. The van der Waals surface area contributed by atoms with Crippen LogP contribution in [0.4, 0.5) is 0 Å². The second-order valence-electron chi connectivity index (χ2n) is 3.77. The first-order valence-corrected chi connectivity index (χ1v) is 4.32. The fraction of sp³-hybridized carbons (Fsp3) is 0.636. The van der Waals surface area contributed by atoms with Crippen LogP contribution in [0, 0.1) is 11.8 Å². The molecule has 64 valence electrons. The van der Waals surface area contributed by atoms with Crippen LogP contribution in [-0.4, -0.2) is 0 Å². The lowest BCUT2D eigenvalue weighted by Crippen LogP contribution is -1.93. The third-order valence-corrected chi connectivity index (χ3v) is 2.07. The summed E-state index contributed by atoms with van der Waals surface area (Å²) in [6, 6.07) is 0. The third kappa shape index (κ3) is 4.02. The van der Waals surface area contributed by atoms with Crippen molar-refractivity contribution < 1.29 is 0 Å². The molecule has 0 aliphatic heterocycles. The molecular weight excluding hydrogens is 132 g/mol. The van der Waals surface area contributed by atoms with Gasteiger partial charge in [0.15, 0.2) is 0 Å². The van der Waals surface area contributed by atoms with E-state index in [0.29, 0.717) is 11.8 Å². The molecule has 0 bridgehead atoms. The van der Waals surface area contributed by atoms with Gasteiger partial charge in [-0.2, -0.15) is 0 Å². The topological polar surface area (TPSA) is 0 Å². The SMILES string of the molecule is C=C(/C=C(/C)C(C)C)C(C)C. The fourth-order valence-corrected chi connectivity index (χ4v) is 0.626. The van der Waals surface area contributed by atoms with Crippen LogP contribution < -0.4 is 0 Å². The molecule has 0 atom stereocenters. The minimum Gasteiger partial charge on any atom is -0.0956 e. The maximum atomic E-state index is 4.00. The molecule has 11 heavy (non-hydrogen) atoms. The van der Waals surface area contributed by atoms with E-state index < -0.39 is 0 Å². The second kappa shape index (κ2) is 4.38. The Morgan fingerprint density at radius 2 is 1.55 bits per heavy atom. The number of rotatable bonds is 3. The molecule has 0 saturated heterocycles. The van der Waals surface area contributed by atoms with Crippen molar-refractivity contribution in [1.82, 2.24) is 0 Å². The summed E-state index contributed by atoms with van der Waals surface area (Å²) in [5.41, 5.74) is 2.65. The van der Waals surface area contributed by atoms with Crippen molar-refractivity contribution in [3.05, 3.63) is 23.8 Å². The summed E-state index contributed by atoms with van der Waals surface area (Å²) in [5, 5.41) is 0. The molecule has 0 saturated carbocycles. The Morgan fingerprint density at radius 1 is 1.09 bits per heavy atom. The predicted octanol–water partition coefficient (Wildman–Crippen LogP) is 3.80. The summed E-state index contributed by atoms with van der Waals surface area (Å²) in [5.74, 6) is 1.22. The molecule has 0 aliphatic rings. The predicted molar refractivity (Wildman–Crippen MR) is 52.6 cm³/mol. The highest BCUT2D eigenvalue weighted by atomic mass is 14.1. The van der Waals surface area contributed by atoms with Gasteiger partial charge in [-0.25, -0.2) is 0 Å². The molecule has 0 fully saturated rings. The Hall–Kier alpha value is -0.520. The number of hydrogen-bond acceptors (Lipinski definition) is 0. The average molecular weight is 152 g/mol. The monoisotopic (exact) mass is 152 g/mol. The van der Waals surface area contributed by atoms with E-state index in [2.05, 4.69) is 47.3 Å². The first-order chi connectivity index (χ1) is 4.95. The molecule has 0 N–H and O–H groups in total. The second-order valence-corrected chi connectivity index (χ2v) is 3.77. The van der Waals surface area contributed by atoms with Gasteiger partial charge < -0.3 is 0 Å². The zero-order chi connectivity index (χ0) is 9.02. The molecular formula is C11H20. The number of allylic oxidation sites excluding steroid dienone is 3. The van der Waals surface area contributed by atoms with Gasteiger partial charge in [0.1, 0.15) is 0 Å².